The number of carbonyl (C=O) groups excluding carboxylic acids is 1. The van der Waals surface area contributed by atoms with Gasteiger partial charge >= 0.3 is 0 Å². The minimum Gasteiger partial charge on any atom is -0.503 e. The van der Waals surface area contributed by atoms with Gasteiger partial charge < -0.3 is 25.6 Å². The fraction of sp³-hybridized carbons (Fsp3) is 0.391. The van der Waals surface area contributed by atoms with Crippen LogP contribution in [0.2, 0.25) is 0 Å². The van der Waals surface area contributed by atoms with Crippen LogP contribution in [0.1, 0.15) is 59.5 Å². The second kappa shape index (κ2) is 8.38. The van der Waals surface area contributed by atoms with Gasteiger partial charge in [-0.25, -0.2) is 8.78 Å². The standard InChI is InChI=1S/C23H26F2N4O3/c1-3-28(2)18(12-4-5-12)20-22(31)21(30)17(19-16(26)8-9-29(19)20)23(32)27-11-13-6-7-14(24)10-15(13)25/h6-7,10,16,31H,3-5,8-9,11,26H2,1-2H3,(H,27,32). The topological polar surface area (TPSA) is 101 Å². The predicted molar refractivity (Wildman–Crippen MR) is 116 cm³/mol. The lowest BCUT2D eigenvalue weighted by atomic mass is 10.0. The molecule has 0 spiro atoms. The Kier molecular flexibility index (Phi) is 5.77. The van der Waals surface area contributed by atoms with Gasteiger partial charge in [0, 0.05) is 44.4 Å². The molecule has 0 saturated heterocycles. The van der Waals surface area contributed by atoms with E-state index in [1.165, 1.54) is 6.07 Å². The van der Waals surface area contributed by atoms with Gasteiger partial charge in [0.2, 0.25) is 5.43 Å². The van der Waals surface area contributed by atoms with E-state index in [4.69, 9.17) is 5.73 Å². The van der Waals surface area contributed by atoms with Gasteiger partial charge in [0.15, 0.2) is 5.75 Å². The highest BCUT2D eigenvalue weighted by Gasteiger charge is 2.36. The van der Waals surface area contributed by atoms with Crippen molar-refractivity contribution in [3.8, 4) is 5.75 Å². The number of nitrogens with two attached hydrogens (primary N) is 1. The Labute approximate surface area is 184 Å². The van der Waals surface area contributed by atoms with Crippen LogP contribution < -0.4 is 16.5 Å². The Hall–Kier alpha value is -3.20. The number of hydrogen-bond acceptors (Lipinski definition) is 5. The zero-order chi connectivity index (χ0) is 23.2. The number of hydrogen-bond donors (Lipinski definition) is 3. The first-order valence-corrected chi connectivity index (χ1v) is 10.6. The molecule has 0 bridgehead atoms. The Morgan fingerprint density at radius 3 is 2.69 bits per heavy atom. The molecule has 4 rings (SSSR count). The van der Waals surface area contributed by atoms with Crippen LogP contribution in [0.4, 0.5) is 8.78 Å². The summed E-state index contributed by atoms with van der Waals surface area (Å²) in [5.74, 6) is -2.77. The second-order valence-corrected chi connectivity index (χ2v) is 8.22. The quantitative estimate of drug-likeness (QED) is 0.636. The number of nitrogens with zero attached hydrogens (tertiary/aromatic N) is 2. The van der Waals surface area contributed by atoms with Gasteiger partial charge in [-0.1, -0.05) is 6.07 Å². The second-order valence-electron chi connectivity index (χ2n) is 8.22. The maximum absolute atomic E-state index is 13.9. The number of carbonyl (C=O) groups is 1. The third kappa shape index (κ3) is 3.77. The van der Waals surface area contributed by atoms with Crippen LogP contribution in [0.3, 0.4) is 0 Å². The third-order valence-corrected chi connectivity index (χ3v) is 6.10. The first-order valence-electron chi connectivity index (χ1n) is 10.6. The average Bonchev–Trinajstić information content (AvgIpc) is 3.53. The van der Waals surface area contributed by atoms with Crippen LogP contribution in [-0.4, -0.2) is 34.1 Å². The molecule has 1 unspecified atom stereocenters. The Bertz CT molecular complexity index is 1180. The number of halogens is 2. The molecule has 2 aromatic rings. The van der Waals surface area contributed by atoms with E-state index in [1.54, 1.807) is 4.57 Å². The molecule has 1 atom stereocenters. The number of aromatic nitrogens is 1. The minimum atomic E-state index is -0.802. The molecular weight excluding hydrogens is 418 g/mol. The summed E-state index contributed by atoms with van der Waals surface area (Å²) < 4.78 is 28.8. The van der Waals surface area contributed by atoms with Crippen molar-refractivity contribution >= 4 is 11.6 Å². The van der Waals surface area contributed by atoms with E-state index >= 15 is 0 Å². The maximum Gasteiger partial charge on any atom is 0.257 e. The van der Waals surface area contributed by atoms with Crippen LogP contribution >= 0.6 is 0 Å². The monoisotopic (exact) mass is 444 g/mol. The van der Waals surface area contributed by atoms with E-state index in [0.29, 0.717) is 30.9 Å². The molecular formula is C23H26F2N4O3. The summed E-state index contributed by atoms with van der Waals surface area (Å²) in [6.45, 7) is 2.88. The number of pyridine rings is 1. The lowest BCUT2D eigenvalue weighted by molar-refractivity contribution is 0.0947. The first kappa shape index (κ1) is 22.0. The van der Waals surface area contributed by atoms with Gasteiger partial charge in [-0.2, -0.15) is 0 Å². The summed E-state index contributed by atoms with van der Waals surface area (Å²) >= 11 is 0. The molecule has 32 heavy (non-hydrogen) atoms. The fourth-order valence-electron chi connectivity index (χ4n) is 4.21. The van der Waals surface area contributed by atoms with Crippen molar-refractivity contribution < 1.29 is 18.7 Å². The zero-order valence-electron chi connectivity index (χ0n) is 18.0. The van der Waals surface area contributed by atoms with E-state index in [9.17, 15) is 23.5 Å². The summed E-state index contributed by atoms with van der Waals surface area (Å²) in [5, 5.41) is 13.4. The molecule has 1 amide bonds. The van der Waals surface area contributed by atoms with Crippen LogP contribution in [-0.2, 0) is 13.1 Å². The number of fused-ring (bicyclic) bond motifs is 1. The predicted octanol–water partition coefficient (Wildman–Crippen LogP) is 2.62. The van der Waals surface area contributed by atoms with E-state index in [2.05, 4.69) is 5.32 Å². The van der Waals surface area contributed by atoms with Crippen molar-refractivity contribution in [2.75, 3.05) is 13.6 Å². The van der Waals surface area contributed by atoms with Crippen molar-refractivity contribution in [1.82, 2.24) is 14.8 Å². The molecule has 1 aliphatic carbocycles. The van der Waals surface area contributed by atoms with Gasteiger partial charge in [0.25, 0.3) is 5.91 Å². The summed E-state index contributed by atoms with van der Waals surface area (Å²) in [6, 6.07) is 2.48. The van der Waals surface area contributed by atoms with Crippen LogP contribution in [0.15, 0.2) is 28.6 Å². The molecule has 1 aromatic carbocycles. The van der Waals surface area contributed by atoms with E-state index < -0.39 is 34.8 Å². The highest BCUT2D eigenvalue weighted by Crippen LogP contribution is 2.42. The number of allylic oxidation sites excluding steroid dienone is 1. The summed E-state index contributed by atoms with van der Waals surface area (Å²) in [6.07, 6.45) is 2.29. The highest BCUT2D eigenvalue weighted by atomic mass is 19.1. The third-order valence-electron chi connectivity index (χ3n) is 6.10. The lowest BCUT2D eigenvalue weighted by Gasteiger charge is -2.26. The van der Waals surface area contributed by atoms with E-state index in [-0.39, 0.29) is 17.7 Å². The molecule has 2 heterocycles. The maximum atomic E-state index is 13.9. The normalized spacial score (nSPS) is 16.7. The van der Waals surface area contributed by atoms with Crippen LogP contribution in [0.5, 0.6) is 5.75 Å². The number of amides is 1. The molecule has 0 radical (unpaired) electrons. The summed E-state index contributed by atoms with van der Waals surface area (Å²) in [4.78, 5) is 28.1. The molecule has 4 N–H and O–H groups in total. The van der Waals surface area contributed by atoms with E-state index in [0.717, 1.165) is 36.2 Å². The Morgan fingerprint density at radius 1 is 1.34 bits per heavy atom. The van der Waals surface area contributed by atoms with Crippen molar-refractivity contribution in [2.45, 2.75) is 45.3 Å². The number of nitrogens with one attached hydrogen (secondary N) is 1. The molecule has 2 aliphatic rings. The fourth-order valence-corrected chi connectivity index (χ4v) is 4.21. The summed E-state index contributed by atoms with van der Waals surface area (Å²) in [5.41, 5.74) is 8.01. The lowest BCUT2D eigenvalue weighted by Crippen LogP contribution is -2.34. The van der Waals surface area contributed by atoms with Gasteiger partial charge in [-0.05, 0) is 37.8 Å². The molecule has 9 heteroatoms. The number of benzene rings is 1. The van der Waals surface area contributed by atoms with E-state index in [1.807, 2.05) is 18.9 Å². The highest BCUT2D eigenvalue weighted by molar-refractivity contribution is 5.96. The Morgan fingerprint density at radius 2 is 2.06 bits per heavy atom. The SMILES string of the molecule is CCN(C)C(=C1CC1)c1c(O)c(=O)c(C(=O)NCc2ccc(F)cc2F)c2n1CCC2N. The van der Waals surface area contributed by atoms with Gasteiger partial charge in [0.05, 0.1) is 11.4 Å². The molecule has 1 aliphatic heterocycles. The average molecular weight is 444 g/mol. The molecule has 7 nitrogen and oxygen atoms in total. The zero-order valence-corrected chi connectivity index (χ0v) is 18.0. The summed E-state index contributed by atoms with van der Waals surface area (Å²) in [7, 11) is 1.89. The molecule has 1 saturated carbocycles. The van der Waals surface area contributed by atoms with Crippen LogP contribution in [0, 0.1) is 11.6 Å². The molecule has 170 valence electrons. The van der Waals surface area contributed by atoms with Gasteiger partial charge in [0.1, 0.15) is 22.9 Å². The smallest absolute Gasteiger partial charge is 0.257 e. The Balaban J connectivity index is 1.77. The van der Waals surface area contributed by atoms with Crippen molar-refractivity contribution in [1.29, 1.82) is 0 Å². The van der Waals surface area contributed by atoms with Gasteiger partial charge in [-0.3, -0.25) is 9.59 Å². The minimum absolute atomic E-state index is 0.0759. The van der Waals surface area contributed by atoms with Crippen molar-refractivity contribution in [2.24, 2.45) is 5.73 Å². The van der Waals surface area contributed by atoms with Crippen LogP contribution in [0.25, 0.3) is 5.70 Å². The molecule has 1 fully saturated rings. The van der Waals surface area contributed by atoms with Crippen molar-refractivity contribution in [3.63, 3.8) is 0 Å². The largest absolute Gasteiger partial charge is 0.503 e. The first-order chi connectivity index (χ1) is 15.2. The van der Waals surface area contributed by atoms with Gasteiger partial charge in [-0.15, -0.1) is 0 Å². The number of rotatable bonds is 6. The molecule has 1 aromatic heterocycles. The number of aromatic hydroxyl groups is 1. The van der Waals surface area contributed by atoms with Crippen molar-refractivity contribution in [3.05, 3.63) is 68.1 Å².